The van der Waals surface area contributed by atoms with Crippen molar-refractivity contribution >= 4 is 43.5 Å². The Hall–Kier alpha value is -0.810. The Balaban J connectivity index is 2.33. The van der Waals surface area contributed by atoms with Gasteiger partial charge < -0.3 is 9.88 Å². The van der Waals surface area contributed by atoms with E-state index in [1.807, 2.05) is 42.9 Å². The van der Waals surface area contributed by atoms with Gasteiger partial charge in [-0.2, -0.15) is 0 Å². The molecule has 0 saturated carbocycles. The lowest BCUT2D eigenvalue weighted by Gasteiger charge is -2.08. The fraction of sp³-hybridized carbons (Fsp3) is 0.182. The highest BCUT2D eigenvalue weighted by atomic mass is 79.9. The first-order chi connectivity index (χ1) is 7.56. The molecule has 0 aliphatic carbocycles. The summed E-state index contributed by atoms with van der Waals surface area (Å²) in [6.45, 7) is 1.97. The molecule has 0 atom stereocenters. The minimum atomic E-state index is 0.830. The van der Waals surface area contributed by atoms with Crippen LogP contribution in [0.15, 0.2) is 33.3 Å². The van der Waals surface area contributed by atoms with Crippen LogP contribution in [-0.2, 0) is 7.05 Å². The number of halogens is 2. The summed E-state index contributed by atoms with van der Waals surface area (Å²) < 4.78 is 4.00. The Morgan fingerprint density at radius 3 is 2.69 bits per heavy atom. The van der Waals surface area contributed by atoms with Gasteiger partial charge in [0, 0.05) is 22.2 Å². The average Bonchev–Trinajstić information content (AvgIpc) is 2.51. The quantitative estimate of drug-likeness (QED) is 0.892. The molecule has 1 N–H and O–H groups in total. The summed E-state index contributed by atoms with van der Waals surface area (Å²) in [6, 6.07) is 5.98. The van der Waals surface area contributed by atoms with E-state index in [-0.39, 0.29) is 0 Å². The minimum Gasteiger partial charge on any atom is -0.325 e. The number of rotatable bonds is 2. The van der Waals surface area contributed by atoms with Crippen molar-refractivity contribution in [3.63, 3.8) is 0 Å². The van der Waals surface area contributed by atoms with Crippen LogP contribution in [0.2, 0.25) is 0 Å². The second kappa shape index (κ2) is 4.59. The number of aromatic nitrogens is 2. The highest BCUT2D eigenvalue weighted by molar-refractivity contribution is 9.11. The molecule has 0 saturated heterocycles. The van der Waals surface area contributed by atoms with Crippen LogP contribution in [-0.4, -0.2) is 9.55 Å². The summed E-state index contributed by atoms with van der Waals surface area (Å²) >= 11 is 6.94. The molecule has 2 rings (SSSR count). The summed E-state index contributed by atoms with van der Waals surface area (Å²) in [4.78, 5) is 4.39. The van der Waals surface area contributed by atoms with Crippen molar-refractivity contribution in [2.75, 3.05) is 5.32 Å². The first-order valence-electron chi connectivity index (χ1n) is 4.78. The van der Waals surface area contributed by atoms with Crippen LogP contribution >= 0.6 is 31.9 Å². The largest absolute Gasteiger partial charge is 0.325 e. The molecule has 1 aromatic carbocycles. The van der Waals surface area contributed by atoms with Crippen molar-refractivity contribution in [3.8, 4) is 0 Å². The van der Waals surface area contributed by atoms with Crippen molar-refractivity contribution in [2.45, 2.75) is 6.92 Å². The molecule has 3 nitrogen and oxygen atoms in total. The first-order valence-corrected chi connectivity index (χ1v) is 6.37. The molecule has 5 heteroatoms. The normalized spacial score (nSPS) is 10.5. The van der Waals surface area contributed by atoms with E-state index in [4.69, 9.17) is 0 Å². The van der Waals surface area contributed by atoms with Crippen molar-refractivity contribution in [2.24, 2.45) is 7.05 Å². The Morgan fingerprint density at radius 2 is 2.06 bits per heavy atom. The van der Waals surface area contributed by atoms with Crippen LogP contribution < -0.4 is 5.32 Å². The van der Waals surface area contributed by atoms with E-state index < -0.39 is 0 Å². The predicted octanol–water partition coefficient (Wildman–Crippen LogP) is 4.00. The molecule has 0 amide bonds. The van der Waals surface area contributed by atoms with Crippen molar-refractivity contribution in [1.29, 1.82) is 0 Å². The zero-order valence-electron chi connectivity index (χ0n) is 8.96. The maximum Gasteiger partial charge on any atom is 0.207 e. The van der Waals surface area contributed by atoms with E-state index in [0.29, 0.717) is 0 Å². The number of benzene rings is 1. The molecule has 0 spiro atoms. The molecule has 1 aromatic heterocycles. The van der Waals surface area contributed by atoms with Gasteiger partial charge >= 0.3 is 0 Å². The third kappa shape index (κ3) is 2.47. The molecular formula is C11H11Br2N3. The number of imidazole rings is 1. The minimum absolute atomic E-state index is 0.830. The van der Waals surface area contributed by atoms with Crippen LogP contribution in [0, 0.1) is 6.92 Å². The summed E-state index contributed by atoms with van der Waals surface area (Å²) in [6.07, 6.45) is 1.98. The number of hydrogen-bond donors (Lipinski definition) is 1. The number of nitrogens with zero attached hydrogens (tertiary/aromatic N) is 2. The summed E-state index contributed by atoms with van der Waals surface area (Å²) in [7, 11) is 1.97. The van der Waals surface area contributed by atoms with Crippen LogP contribution in [0.1, 0.15) is 5.69 Å². The van der Waals surface area contributed by atoms with Gasteiger partial charge in [-0.3, -0.25) is 0 Å². The summed E-state index contributed by atoms with van der Waals surface area (Å²) in [5.41, 5.74) is 1.99. The van der Waals surface area contributed by atoms with Gasteiger partial charge in [0.25, 0.3) is 0 Å². The predicted molar refractivity (Wildman–Crippen MR) is 73.1 cm³/mol. The number of aryl methyl sites for hydroxylation is 2. The van der Waals surface area contributed by atoms with Gasteiger partial charge in [0.15, 0.2) is 0 Å². The molecule has 0 unspecified atom stereocenters. The van der Waals surface area contributed by atoms with E-state index in [1.54, 1.807) is 0 Å². The molecule has 0 bridgehead atoms. The van der Waals surface area contributed by atoms with Gasteiger partial charge in [-0.05, 0) is 41.1 Å². The SMILES string of the molecule is Cc1cn(C)c(Nc2cc(Br)ccc2Br)n1. The van der Waals surface area contributed by atoms with Gasteiger partial charge in [0.1, 0.15) is 0 Å². The smallest absolute Gasteiger partial charge is 0.207 e. The molecule has 0 aliphatic rings. The van der Waals surface area contributed by atoms with Gasteiger partial charge in [-0.15, -0.1) is 0 Å². The van der Waals surface area contributed by atoms with Gasteiger partial charge in [0.05, 0.1) is 11.4 Å². The van der Waals surface area contributed by atoms with Crippen LogP contribution in [0.25, 0.3) is 0 Å². The van der Waals surface area contributed by atoms with Crippen molar-refractivity contribution in [3.05, 3.63) is 39.0 Å². The standard InChI is InChI=1S/C11H11Br2N3/c1-7-6-16(2)11(14-7)15-10-5-8(12)3-4-9(10)13/h3-6H,1-2H3,(H,14,15). The molecule has 16 heavy (non-hydrogen) atoms. The Kier molecular flexibility index (Phi) is 3.35. The highest BCUT2D eigenvalue weighted by Crippen LogP contribution is 2.28. The maximum absolute atomic E-state index is 4.39. The third-order valence-corrected chi connectivity index (χ3v) is 3.36. The van der Waals surface area contributed by atoms with Crippen molar-refractivity contribution in [1.82, 2.24) is 9.55 Å². The molecular weight excluding hydrogens is 334 g/mol. The van der Waals surface area contributed by atoms with E-state index in [0.717, 1.165) is 26.3 Å². The number of hydrogen-bond acceptors (Lipinski definition) is 2. The zero-order valence-corrected chi connectivity index (χ0v) is 12.1. The highest BCUT2D eigenvalue weighted by Gasteiger charge is 2.05. The second-order valence-electron chi connectivity index (χ2n) is 3.57. The van der Waals surface area contributed by atoms with Crippen LogP contribution in [0.5, 0.6) is 0 Å². The van der Waals surface area contributed by atoms with E-state index in [9.17, 15) is 0 Å². The van der Waals surface area contributed by atoms with E-state index in [2.05, 4.69) is 42.2 Å². The number of nitrogens with one attached hydrogen (secondary N) is 1. The lowest BCUT2D eigenvalue weighted by atomic mass is 10.3. The lowest BCUT2D eigenvalue weighted by Crippen LogP contribution is -1.99. The van der Waals surface area contributed by atoms with E-state index in [1.165, 1.54) is 0 Å². The zero-order chi connectivity index (χ0) is 11.7. The van der Waals surface area contributed by atoms with Gasteiger partial charge in [0.2, 0.25) is 5.95 Å². The first kappa shape index (κ1) is 11.7. The van der Waals surface area contributed by atoms with Crippen molar-refractivity contribution < 1.29 is 0 Å². The van der Waals surface area contributed by atoms with Gasteiger partial charge in [-0.25, -0.2) is 4.98 Å². The maximum atomic E-state index is 4.39. The van der Waals surface area contributed by atoms with Crippen LogP contribution in [0.3, 0.4) is 0 Å². The number of anilines is 2. The summed E-state index contributed by atoms with van der Waals surface area (Å²) in [5, 5.41) is 3.28. The molecule has 0 aliphatic heterocycles. The third-order valence-electron chi connectivity index (χ3n) is 2.17. The summed E-state index contributed by atoms with van der Waals surface area (Å²) in [5.74, 6) is 0.830. The molecule has 1 heterocycles. The fourth-order valence-corrected chi connectivity index (χ4v) is 2.15. The topological polar surface area (TPSA) is 29.9 Å². The fourth-order valence-electron chi connectivity index (χ4n) is 1.45. The Labute approximate surface area is 111 Å². The second-order valence-corrected chi connectivity index (χ2v) is 5.34. The molecule has 84 valence electrons. The van der Waals surface area contributed by atoms with Crippen LogP contribution in [0.4, 0.5) is 11.6 Å². The molecule has 0 fully saturated rings. The average molecular weight is 345 g/mol. The van der Waals surface area contributed by atoms with E-state index >= 15 is 0 Å². The Morgan fingerprint density at radius 1 is 1.31 bits per heavy atom. The monoisotopic (exact) mass is 343 g/mol. The lowest BCUT2D eigenvalue weighted by molar-refractivity contribution is 0.923. The van der Waals surface area contributed by atoms with Gasteiger partial charge in [-0.1, -0.05) is 15.9 Å². The molecule has 2 aromatic rings. The Bertz CT molecular complexity index is 520. The molecule has 0 radical (unpaired) electrons.